The van der Waals surface area contributed by atoms with E-state index in [0.717, 1.165) is 17.0 Å². The van der Waals surface area contributed by atoms with Crippen molar-refractivity contribution in [2.45, 2.75) is 11.8 Å². The normalized spacial score (nSPS) is 12.4. The van der Waals surface area contributed by atoms with Gasteiger partial charge in [0.2, 0.25) is 0 Å². The quantitative estimate of drug-likeness (QED) is 0.776. The second-order valence-corrected chi connectivity index (χ2v) is 4.87. The number of thiazole rings is 1. The first-order chi connectivity index (χ1) is 7.79. The van der Waals surface area contributed by atoms with Crippen LogP contribution in [0.2, 0.25) is 0 Å². The summed E-state index contributed by atoms with van der Waals surface area (Å²) in [4.78, 5) is 5.13. The summed E-state index contributed by atoms with van der Waals surface area (Å²) in [7, 11) is 1.67. The van der Waals surface area contributed by atoms with Crippen LogP contribution in [0, 0.1) is 0 Å². The summed E-state index contributed by atoms with van der Waals surface area (Å²) in [5, 5.41) is -0.0143. The van der Waals surface area contributed by atoms with Crippen molar-refractivity contribution in [2.75, 3.05) is 7.11 Å². The Morgan fingerprint density at radius 2 is 2.38 bits per heavy atom. The summed E-state index contributed by atoms with van der Waals surface area (Å²) in [6.45, 7) is 0. The van der Waals surface area contributed by atoms with E-state index in [4.69, 9.17) is 16.3 Å². The van der Waals surface area contributed by atoms with Crippen molar-refractivity contribution in [1.82, 2.24) is 4.98 Å². The van der Waals surface area contributed by atoms with E-state index in [1.165, 1.54) is 5.56 Å². The van der Waals surface area contributed by atoms with Gasteiger partial charge in [-0.05, 0) is 24.1 Å². The second-order valence-electron chi connectivity index (χ2n) is 3.43. The summed E-state index contributed by atoms with van der Waals surface area (Å²) in [6, 6.07) is 7.97. The van der Waals surface area contributed by atoms with Crippen LogP contribution in [0.1, 0.15) is 15.8 Å². The molecule has 1 aromatic carbocycles. The fourth-order valence-electron chi connectivity index (χ4n) is 1.49. The molecular formula is C12H12ClNOS. The fourth-order valence-corrected chi connectivity index (χ4v) is 2.47. The van der Waals surface area contributed by atoms with Crippen molar-refractivity contribution in [2.24, 2.45) is 0 Å². The Balaban J connectivity index is 2.08. The van der Waals surface area contributed by atoms with Gasteiger partial charge in [-0.3, -0.25) is 4.98 Å². The second kappa shape index (κ2) is 5.32. The minimum absolute atomic E-state index is 0.0143. The van der Waals surface area contributed by atoms with Crippen LogP contribution in [0.15, 0.2) is 36.0 Å². The lowest BCUT2D eigenvalue weighted by Crippen LogP contribution is -1.94. The molecule has 2 nitrogen and oxygen atoms in total. The number of hydrogen-bond donors (Lipinski definition) is 0. The van der Waals surface area contributed by atoms with Gasteiger partial charge in [0.1, 0.15) is 5.75 Å². The van der Waals surface area contributed by atoms with E-state index in [2.05, 4.69) is 11.1 Å². The third-order valence-corrected chi connectivity index (χ3v) is 3.72. The number of benzene rings is 1. The molecule has 84 valence electrons. The maximum absolute atomic E-state index is 6.31. The molecule has 0 amide bonds. The van der Waals surface area contributed by atoms with E-state index in [1.807, 2.05) is 24.4 Å². The number of rotatable bonds is 4. The first kappa shape index (κ1) is 11.4. The van der Waals surface area contributed by atoms with Gasteiger partial charge in [0.15, 0.2) is 0 Å². The minimum atomic E-state index is -0.0143. The third kappa shape index (κ3) is 2.74. The van der Waals surface area contributed by atoms with Crippen molar-refractivity contribution >= 4 is 22.9 Å². The van der Waals surface area contributed by atoms with E-state index < -0.39 is 0 Å². The molecule has 0 aliphatic carbocycles. The van der Waals surface area contributed by atoms with Crippen molar-refractivity contribution in [3.05, 3.63) is 46.4 Å². The lowest BCUT2D eigenvalue weighted by atomic mass is 10.1. The molecule has 0 bridgehead atoms. The molecule has 2 rings (SSSR count). The number of nitrogens with zero attached hydrogens (tertiary/aromatic N) is 1. The van der Waals surface area contributed by atoms with E-state index in [-0.39, 0.29) is 5.38 Å². The highest BCUT2D eigenvalue weighted by Crippen LogP contribution is 2.28. The first-order valence-corrected chi connectivity index (χ1v) is 6.26. The topological polar surface area (TPSA) is 22.1 Å². The molecule has 0 radical (unpaired) electrons. The Hall–Kier alpha value is -1.06. The first-order valence-electron chi connectivity index (χ1n) is 4.95. The smallest absolute Gasteiger partial charge is 0.119 e. The molecule has 0 fully saturated rings. The zero-order valence-corrected chi connectivity index (χ0v) is 10.5. The van der Waals surface area contributed by atoms with Crippen LogP contribution in [0.25, 0.3) is 0 Å². The Bertz CT molecular complexity index is 444. The van der Waals surface area contributed by atoms with Gasteiger partial charge >= 0.3 is 0 Å². The Morgan fingerprint density at radius 1 is 1.50 bits per heavy atom. The molecule has 1 aromatic heterocycles. The van der Waals surface area contributed by atoms with Crippen LogP contribution >= 0.6 is 22.9 Å². The van der Waals surface area contributed by atoms with E-state index in [9.17, 15) is 0 Å². The number of hydrogen-bond acceptors (Lipinski definition) is 3. The molecule has 16 heavy (non-hydrogen) atoms. The molecule has 4 heteroatoms. The summed E-state index contributed by atoms with van der Waals surface area (Å²) in [5.74, 6) is 0.866. The number of aromatic nitrogens is 1. The Morgan fingerprint density at radius 3 is 3.06 bits per heavy atom. The number of methoxy groups -OCH3 is 1. The molecule has 0 spiro atoms. The van der Waals surface area contributed by atoms with Gasteiger partial charge in [-0.2, -0.15) is 0 Å². The summed E-state index contributed by atoms with van der Waals surface area (Å²) in [6.07, 6.45) is 2.61. The molecule has 0 saturated heterocycles. The van der Waals surface area contributed by atoms with Crippen LogP contribution in [-0.4, -0.2) is 12.1 Å². The van der Waals surface area contributed by atoms with E-state index >= 15 is 0 Å². The molecule has 1 heterocycles. The maximum atomic E-state index is 6.31. The van der Waals surface area contributed by atoms with Gasteiger partial charge in [0, 0.05) is 11.1 Å². The van der Waals surface area contributed by atoms with Crippen LogP contribution < -0.4 is 4.74 Å². The fraction of sp³-hybridized carbons (Fsp3) is 0.250. The predicted molar refractivity (Wildman–Crippen MR) is 67.4 cm³/mol. The van der Waals surface area contributed by atoms with Crippen molar-refractivity contribution in [3.63, 3.8) is 0 Å². The molecule has 0 aliphatic heterocycles. The highest BCUT2D eigenvalue weighted by atomic mass is 35.5. The highest BCUT2D eigenvalue weighted by molar-refractivity contribution is 7.09. The maximum Gasteiger partial charge on any atom is 0.119 e. The number of alkyl halides is 1. The van der Waals surface area contributed by atoms with Crippen LogP contribution in [0.5, 0.6) is 5.75 Å². The van der Waals surface area contributed by atoms with Gasteiger partial charge in [0.25, 0.3) is 0 Å². The van der Waals surface area contributed by atoms with Crippen molar-refractivity contribution in [1.29, 1.82) is 0 Å². The molecule has 1 atom stereocenters. The average Bonchev–Trinajstić information content (AvgIpc) is 2.83. The Kier molecular flexibility index (Phi) is 3.80. The summed E-state index contributed by atoms with van der Waals surface area (Å²) in [5.41, 5.74) is 2.98. The van der Waals surface area contributed by atoms with Crippen molar-refractivity contribution in [3.8, 4) is 5.75 Å². The highest BCUT2D eigenvalue weighted by Gasteiger charge is 2.10. The van der Waals surface area contributed by atoms with Crippen LogP contribution in [0.4, 0.5) is 0 Å². The molecular weight excluding hydrogens is 242 g/mol. The minimum Gasteiger partial charge on any atom is -0.497 e. The standard InChI is InChI=1S/C12H12ClNOS/c1-15-10-4-2-3-9(5-10)6-11(13)12-7-14-8-16-12/h2-5,7-8,11H,6H2,1H3. The lowest BCUT2D eigenvalue weighted by molar-refractivity contribution is 0.414. The van der Waals surface area contributed by atoms with E-state index in [1.54, 1.807) is 24.0 Å². The average molecular weight is 254 g/mol. The monoisotopic (exact) mass is 253 g/mol. The number of halogens is 1. The molecule has 1 unspecified atom stereocenters. The zero-order chi connectivity index (χ0) is 11.4. The van der Waals surface area contributed by atoms with Crippen LogP contribution in [-0.2, 0) is 6.42 Å². The predicted octanol–water partition coefficient (Wildman–Crippen LogP) is 3.67. The molecule has 2 aromatic rings. The van der Waals surface area contributed by atoms with Gasteiger partial charge in [0.05, 0.1) is 18.0 Å². The summed E-state index contributed by atoms with van der Waals surface area (Å²) >= 11 is 7.89. The number of ether oxygens (including phenoxy) is 1. The molecule has 0 aliphatic rings. The Labute approximate surface area is 104 Å². The largest absolute Gasteiger partial charge is 0.497 e. The SMILES string of the molecule is COc1cccc(CC(Cl)c2cncs2)c1. The summed E-state index contributed by atoms with van der Waals surface area (Å²) < 4.78 is 5.17. The van der Waals surface area contributed by atoms with Gasteiger partial charge in [-0.15, -0.1) is 22.9 Å². The van der Waals surface area contributed by atoms with Gasteiger partial charge < -0.3 is 4.74 Å². The van der Waals surface area contributed by atoms with Crippen LogP contribution in [0.3, 0.4) is 0 Å². The van der Waals surface area contributed by atoms with Gasteiger partial charge in [-0.25, -0.2) is 0 Å². The third-order valence-electron chi connectivity index (χ3n) is 2.31. The van der Waals surface area contributed by atoms with Crippen molar-refractivity contribution < 1.29 is 4.74 Å². The molecule has 0 saturated carbocycles. The van der Waals surface area contributed by atoms with Gasteiger partial charge in [-0.1, -0.05) is 12.1 Å². The lowest BCUT2D eigenvalue weighted by Gasteiger charge is -2.08. The van der Waals surface area contributed by atoms with E-state index in [0.29, 0.717) is 0 Å². The molecule has 0 N–H and O–H groups in total. The zero-order valence-electron chi connectivity index (χ0n) is 8.89.